The van der Waals surface area contributed by atoms with Crippen molar-refractivity contribution in [2.45, 2.75) is 40.5 Å². The van der Waals surface area contributed by atoms with Gasteiger partial charge in [-0.15, -0.1) is 11.3 Å². The van der Waals surface area contributed by atoms with E-state index < -0.39 is 0 Å². The highest BCUT2D eigenvalue weighted by molar-refractivity contribution is 7.16. The van der Waals surface area contributed by atoms with Gasteiger partial charge in [0.25, 0.3) is 0 Å². The Kier molecular flexibility index (Phi) is 6.16. The third-order valence-corrected chi connectivity index (χ3v) is 4.90. The molecule has 3 nitrogen and oxygen atoms in total. The zero-order chi connectivity index (χ0) is 17.7. The summed E-state index contributed by atoms with van der Waals surface area (Å²) in [5.41, 5.74) is 3.64. The second kappa shape index (κ2) is 8.12. The van der Waals surface area contributed by atoms with Gasteiger partial charge in [-0.05, 0) is 43.0 Å². The molecule has 1 aromatic heterocycles. The van der Waals surface area contributed by atoms with E-state index >= 15 is 0 Å². The van der Waals surface area contributed by atoms with Gasteiger partial charge in [0.05, 0.1) is 22.7 Å². The number of ether oxygens (including phenoxy) is 1. The van der Waals surface area contributed by atoms with Crippen molar-refractivity contribution >= 4 is 16.9 Å². The molecule has 0 bridgehead atoms. The van der Waals surface area contributed by atoms with E-state index in [4.69, 9.17) is 4.74 Å². The lowest BCUT2D eigenvalue weighted by Crippen LogP contribution is -2.05. The lowest BCUT2D eigenvalue weighted by molar-refractivity contribution is 0.270. The summed E-state index contributed by atoms with van der Waals surface area (Å²) in [6.07, 6.45) is 2.06. The van der Waals surface area contributed by atoms with Gasteiger partial charge < -0.3 is 4.74 Å². The van der Waals surface area contributed by atoms with Crippen LogP contribution >= 0.6 is 11.3 Å². The number of aromatic nitrogens is 1. The first kappa shape index (κ1) is 18.2. The first-order valence-electron chi connectivity index (χ1n) is 8.29. The smallest absolute Gasteiger partial charge is 0.137 e. The molecule has 4 heteroatoms. The van der Waals surface area contributed by atoms with Crippen LogP contribution in [0, 0.1) is 24.2 Å². The molecule has 0 fully saturated rings. The molecule has 0 atom stereocenters. The number of aryl methyl sites for hydroxylation is 1. The zero-order valence-electron chi connectivity index (χ0n) is 14.8. The van der Waals surface area contributed by atoms with E-state index in [1.54, 1.807) is 11.3 Å². The maximum Gasteiger partial charge on any atom is 0.137 e. The van der Waals surface area contributed by atoms with Crippen LogP contribution < -0.4 is 4.74 Å². The van der Waals surface area contributed by atoms with Crippen molar-refractivity contribution in [1.82, 2.24) is 4.98 Å². The monoisotopic (exact) mass is 340 g/mol. The third-order valence-electron chi connectivity index (χ3n) is 3.59. The highest BCUT2D eigenvalue weighted by Crippen LogP contribution is 2.35. The number of benzene rings is 1. The number of hydrogen-bond donors (Lipinski definition) is 0. The SMILES string of the molecule is C=C(CCC)c1sc(-c2ccc(OCC(C)C)c(C#N)c2)nc1C. The maximum atomic E-state index is 9.41. The molecule has 0 aliphatic carbocycles. The van der Waals surface area contributed by atoms with E-state index in [9.17, 15) is 5.26 Å². The molecule has 0 spiro atoms. The second-order valence-corrected chi connectivity index (χ2v) is 7.31. The minimum atomic E-state index is 0.421. The number of nitrogens with zero attached hydrogens (tertiary/aromatic N) is 2. The minimum absolute atomic E-state index is 0.421. The predicted octanol–water partition coefficient (Wildman–Crippen LogP) is 5.84. The van der Waals surface area contributed by atoms with Gasteiger partial charge in [0.2, 0.25) is 0 Å². The van der Waals surface area contributed by atoms with Crippen molar-refractivity contribution in [3.63, 3.8) is 0 Å². The Morgan fingerprint density at radius 2 is 2.17 bits per heavy atom. The van der Waals surface area contributed by atoms with E-state index in [1.165, 1.54) is 0 Å². The van der Waals surface area contributed by atoms with Crippen LogP contribution in [0.1, 0.15) is 49.7 Å². The van der Waals surface area contributed by atoms with Gasteiger partial charge in [-0.3, -0.25) is 0 Å². The number of hydrogen-bond acceptors (Lipinski definition) is 4. The fraction of sp³-hybridized carbons (Fsp3) is 0.400. The molecule has 126 valence electrons. The van der Waals surface area contributed by atoms with Crippen molar-refractivity contribution in [3.8, 4) is 22.4 Å². The van der Waals surface area contributed by atoms with Crippen molar-refractivity contribution in [2.24, 2.45) is 5.92 Å². The first-order chi connectivity index (χ1) is 11.5. The molecule has 0 aliphatic heterocycles. The maximum absolute atomic E-state index is 9.41. The van der Waals surface area contributed by atoms with Gasteiger partial charge in [-0.2, -0.15) is 5.26 Å². The average Bonchev–Trinajstić information content (AvgIpc) is 2.94. The van der Waals surface area contributed by atoms with Gasteiger partial charge in [0.1, 0.15) is 16.8 Å². The molecule has 0 unspecified atom stereocenters. The van der Waals surface area contributed by atoms with Crippen LogP contribution in [0.25, 0.3) is 16.1 Å². The average molecular weight is 340 g/mol. The fourth-order valence-electron chi connectivity index (χ4n) is 2.40. The van der Waals surface area contributed by atoms with Gasteiger partial charge in [-0.25, -0.2) is 4.98 Å². The van der Waals surface area contributed by atoms with Crippen LogP contribution in [0.4, 0.5) is 0 Å². The minimum Gasteiger partial charge on any atom is -0.492 e. The topological polar surface area (TPSA) is 45.9 Å². The van der Waals surface area contributed by atoms with Gasteiger partial charge in [-0.1, -0.05) is 33.8 Å². The van der Waals surface area contributed by atoms with E-state index in [0.717, 1.165) is 39.6 Å². The molecule has 0 radical (unpaired) electrons. The standard InChI is InChI=1S/C20H24N2OS/c1-6-7-14(4)19-15(5)22-20(24-19)16-8-9-18(17(10-16)11-21)23-12-13(2)3/h8-10,13H,4,6-7,12H2,1-3,5H3. The highest BCUT2D eigenvalue weighted by atomic mass is 32.1. The Balaban J connectivity index is 2.31. The quantitative estimate of drug-likeness (QED) is 0.636. The molecule has 2 rings (SSSR count). The molecule has 0 N–H and O–H groups in total. The molecular formula is C20H24N2OS. The summed E-state index contributed by atoms with van der Waals surface area (Å²) in [7, 11) is 0. The Labute approximate surface area is 148 Å². The highest BCUT2D eigenvalue weighted by Gasteiger charge is 2.14. The van der Waals surface area contributed by atoms with Crippen LogP contribution in [0.3, 0.4) is 0 Å². The molecule has 1 heterocycles. The third kappa shape index (κ3) is 4.24. The Hall–Kier alpha value is -2.12. The lowest BCUT2D eigenvalue weighted by atomic mass is 10.1. The molecule has 0 aliphatic rings. The number of thiazole rings is 1. The molecule has 0 saturated carbocycles. The Bertz CT molecular complexity index is 768. The van der Waals surface area contributed by atoms with Crippen LogP contribution in [0.15, 0.2) is 24.8 Å². The second-order valence-electron chi connectivity index (χ2n) is 6.31. The van der Waals surface area contributed by atoms with Crippen LogP contribution in [-0.4, -0.2) is 11.6 Å². The van der Waals surface area contributed by atoms with Gasteiger partial charge >= 0.3 is 0 Å². The molecule has 0 saturated heterocycles. The number of allylic oxidation sites excluding steroid dienone is 1. The molecule has 0 amide bonds. The normalized spacial score (nSPS) is 10.7. The van der Waals surface area contributed by atoms with Crippen molar-refractivity contribution in [3.05, 3.63) is 40.9 Å². The lowest BCUT2D eigenvalue weighted by Gasteiger charge is -2.10. The van der Waals surface area contributed by atoms with E-state index in [1.807, 2.05) is 25.1 Å². The van der Waals surface area contributed by atoms with Crippen LogP contribution in [0.2, 0.25) is 0 Å². The van der Waals surface area contributed by atoms with Crippen molar-refractivity contribution in [2.75, 3.05) is 6.61 Å². The molecular weight excluding hydrogens is 316 g/mol. The van der Waals surface area contributed by atoms with E-state index in [-0.39, 0.29) is 0 Å². The summed E-state index contributed by atoms with van der Waals surface area (Å²) in [5.74, 6) is 1.06. The molecule has 2 aromatic rings. The summed E-state index contributed by atoms with van der Waals surface area (Å²) < 4.78 is 5.73. The number of rotatable bonds is 7. The summed E-state index contributed by atoms with van der Waals surface area (Å²) in [4.78, 5) is 5.83. The van der Waals surface area contributed by atoms with Crippen molar-refractivity contribution < 1.29 is 4.74 Å². The van der Waals surface area contributed by atoms with Crippen molar-refractivity contribution in [1.29, 1.82) is 5.26 Å². The van der Waals surface area contributed by atoms with Gasteiger partial charge in [0, 0.05) is 5.56 Å². The first-order valence-corrected chi connectivity index (χ1v) is 9.10. The summed E-state index contributed by atoms with van der Waals surface area (Å²) in [5, 5.41) is 10.3. The summed E-state index contributed by atoms with van der Waals surface area (Å²) in [6, 6.07) is 7.93. The fourth-order valence-corrected chi connectivity index (χ4v) is 3.46. The Morgan fingerprint density at radius 1 is 1.42 bits per heavy atom. The zero-order valence-corrected chi connectivity index (χ0v) is 15.7. The van der Waals surface area contributed by atoms with Crippen LogP contribution in [-0.2, 0) is 0 Å². The Morgan fingerprint density at radius 3 is 2.79 bits per heavy atom. The van der Waals surface area contributed by atoms with Gasteiger partial charge in [0.15, 0.2) is 0 Å². The summed E-state index contributed by atoms with van der Waals surface area (Å²) in [6.45, 7) is 13.1. The van der Waals surface area contributed by atoms with E-state index in [0.29, 0.717) is 23.8 Å². The summed E-state index contributed by atoms with van der Waals surface area (Å²) >= 11 is 1.64. The van der Waals surface area contributed by atoms with E-state index in [2.05, 4.69) is 38.4 Å². The number of nitriles is 1. The van der Waals surface area contributed by atoms with Crippen LogP contribution in [0.5, 0.6) is 5.75 Å². The predicted molar refractivity (Wildman–Crippen MR) is 101 cm³/mol. The molecule has 24 heavy (non-hydrogen) atoms. The largest absolute Gasteiger partial charge is 0.492 e. The molecule has 1 aromatic carbocycles.